The van der Waals surface area contributed by atoms with E-state index in [-0.39, 0.29) is 18.7 Å². The number of likely N-dealkylation sites (tertiary alicyclic amines) is 1. The highest BCUT2D eigenvalue weighted by molar-refractivity contribution is 7.80. The Morgan fingerprint density at radius 2 is 1.79 bits per heavy atom. The maximum Gasteiger partial charge on any atom is 0.326 e. The van der Waals surface area contributed by atoms with Crippen LogP contribution in [0, 0.1) is 0 Å². The van der Waals surface area contributed by atoms with Gasteiger partial charge in [0.05, 0.1) is 12.5 Å². The second kappa shape index (κ2) is 11.0. The van der Waals surface area contributed by atoms with E-state index in [2.05, 4.69) is 23.3 Å². The fraction of sp³-hybridized carbons (Fsp3) is 0.688. The van der Waals surface area contributed by atoms with Gasteiger partial charge in [0.25, 0.3) is 0 Å². The van der Waals surface area contributed by atoms with Gasteiger partial charge in [-0.2, -0.15) is 12.6 Å². The number of aliphatic carboxylic acids is 2. The highest BCUT2D eigenvalue weighted by Gasteiger charge is 2.39. The van der Waals surface area contributed by atoms with Crippen molar-refractivity contribution in [3.05, 3.63) is 0 Å². The average Bonchev–Trinajstić information content (AvgIpc) is 3.13. The molecule has 0 aromatic carbocycles. The highest BCUT2D eigenvalue weighted by atomic mass is 32.1. The Balaban J connectivity index is 2.86. The predicted molar refractivity (Wildman–Crippen MR) is 102 cm³/mol. The zero-order chi connectivity index (χ0) is 22.3. The number of nitrogens with zero attached hydrogens (tertiary/aromatic N) is 1. The first-order valence-corrected chi connectivity index (χ1v) is 9.53. The third kappa shape index (κ3) is 6.87. The Labute approximate surface area is 172 Å². The Morgan fingerprint density at radius 3 is 2.28 bits per heavy atom. The molecule has 0 bridgehead atoms. The third-order valence-corrected chi connectivity index (χ3v) is 4.82. The number of nitrogens with one attached hydrogen (secondary N) is 2. The first-order chi connectivity index (χ1) is 13.5. The molecule has 13 heteroatoms. The van der Waals surface area contributed by atoms with Gasteiger partial charge >= 0.3 is 11.9 Å². The van der Waals surface area contributed by atoms with Gasteiger partial charge in [-0.1, -0.05) is 0 Å². The lowest BCUT2D eigenvalue weighted by molar-refractivity contribution is -0.148. The van der Waals surface area contributed by atoms with Gasteiger partial charge in [0.15, 0.2) is 0 Å². The quantitative estimate of drug-likeness (QED) is 0.177. The smallest absolute Gasteiger partial charge is 0.326 e. The summed E-state index contributed by atoms with van der Waals surface area (Å²) >= 11 is 4.03. The molecule has 5 unspecified atom stereocenters. The van der Waals surface area contributed by atoms with Crippen LogP contribution < -0.4 is 16.4 Å². The normalized spacial score (nSPS) is 20.3. The molecule has 164 valence electrons. The summed E-state index contributed by atoms with van der Waals surface area (Å²) in [7, 11) is 0. The summed E-state index contributed by atoms with van der Waals surface area (Å²) in [5.41, 5.74) is 5.54. The van der Waals surface area contributed by atoms with Crippen molar-refractivity contribution >= 4 is 42.3 Å². The molecule has 0 radical (unpaired) electrons. The monoisotopic (exact) mass is 434 g/mol. The lowest BCUT2D eigenvalue weighted by Gasteiger charge is -2.29. The Hall–Kier alpha value is -2.38. The van der Waals surface area contributed by atoms with Crippen molar-refractivity contribution in [2.45, 2.75) is 56.5 Å². The zero-order valence-electron chi connectivity index (χ0n) is 15.8. The summed E-state index contributed by atoms with van der Waals surface area (Å²) in [6.45, 7) is 1.51. The summed E-state index contributed by atoms with van der Waals surface area (Å²) in [5.74, 6) is -5.18. The molecule has 1 saturated heterocycles. The highest BCUT2D eigenvalue weighted by Crippen LogP contribution is 2.19. The second-order valence-electron chi connectivity index (χ2n) is 6.70. The SMILES string of the molecule is CC(O)C(N)C(=O)NC(CS)C(=O)N1CCCC1C(=O)NC(CC(=O)O)C(=O)O. The van der Waals surface area contributed by atoms with Crippen molar-refractivity contribution in [1.82, 2.24) is 15.5 Å². The number of carbonyl (C=O) groups is 5. The molecule has 1 aliphatic heterocycles. The maximum absolute atomic E-state index is 12.8. The van der Waals surface area contributed by atoms with Gasteiger partial charge < -0.3 is 36.6 Å². The topological polar surface area (TPSA) is 199 Å². The fourth-order valence-electron chi connectivity index (χ4n) is 2.82. The first-order valence-electron chi connectivity index (χ1n) is 8.89. The Kier molecular flexibility index (Phi) is 9.33. The van der Waals surface area contributed by atoms with Gasteiger partial charge in [-0.15, -0.1) is 0 Å². The molecule has 7 N–H and O–H groups in total. The minimum Gasteiger partial charge on any atom is -0.481 e. The summed E-state index contributed by atoms with van der Waals surface area (Å²) in [5, 5.41) is 31.7. The lowest BCUT2D eigenvalue weighted by Crippen LogP contribution is -2.58. The average molecular weight is 434 g/mol. The van der Waals surface area contributed by atoms with Gasteiger partial charge in [-0.05, 0) is 19.8 Å². The van der Waals surface area contributed by atoms with E-state index in [1.54, 1.807) is 0 Å². The van der Waals surface area contributed by atoms with E-state index in [0.29, 0.717) is 6.42 Å². The van der Waals surface area contributed by atoms with Crippen LogP contribution >= 0.6 is 12.6 Å². The number of nitrogens with two attached hydrogens (primary N) is 1. The number of carboxylic acids is 2. The number of carbonyl (C=O) groups excluding carboxylic acids is 3. The molecular weight excluding hydrogens is 408 g/mol. The lowest BCUT2D eigenvalue weighted by atomic mass is 10.1. The van der Waals surface area contributed by atoms with E-state index in [4.69, 9.17) is 15.9 Å². The maximum atomic E-state index is 12.8. The standard InChI is InChI=1S/C16H26N4O8S/c1-7(21)12(17)14(25)19-9(6-29)15(26)20-4-2-3-10(20)13(24)18-8(16(27)28)5-11(22)23/h7-10,12,21,29H,2-6,17H2,1H3,(H,18,24)(H,19,25)(H,22,23)(H,27,28). The Bertz CT molecular complexity index is 659. The van der Waals surface area contributed by atoms with Crippen LogP contribution in [0.3, 0.4) is 0 Å². The largest absolute Gasteiger partial charge is 0.481 e. The molecule has 0 saturated carbocycles. The summed E-state index contributed by atoms with van der Waals surface area (Å²) in [4.78, 5) is 60.4. The van der Waals surface area contributed by atoms with Crippen molar-refractivity contribution in [2.75, 3.05) is 12.3 Å². The van der Waals surface area contributed by atoms with Crippen molar-refractivity contribution in [3.63, 3.8) is 0 Å². The van der Waals surface area contributed by atoms with Crippen LogP contribution in [0.5, 0.6) is 0 Å². The number of aliphatic hydroxyl groups excluding tert-OH is 1. The molecule has 0 aromatic heterocycles. The molecule has 1 heterocycles. The van der Waals surface area contributed by atoms with Crippen molar-refractivity contribution in [2.24, 2.45) is 5.73 Å². The van der Waals surface area contributed by atoms with Crippen LogP contribution in [-0.4, -0.2) is 92.4 Å². The first kappa shape index (κ1) is 24.7. The van der Waals surface area contributed by atoms with Gasteiger partial charge in [-0.25, -0.2) is 4.79 Å². The van der Waals surface area contributed by atoms with E-state index in [1.807, 2.05) is 0 Å². The third-order valence-electron chi connectivity index (χ3n) is 4.45. The minimum absolute atomic E-state index is 0.0985. The van der Waals surface area contributed by atoms with E-state index in [1.165, 1.54) is 11.8 Å². The van der Waals surface area contributed by atoms with Crippen molar-refractivity contribution in [1.29, 1.82) is 0 Å². The van der Waals surface area contributed by atoms with Crippen LogP contribution in [0.15, 0.2) is 0 Å². The van der Waals surface area contributed by atoms with Gasteiger partial charge in [0, 0.05) is 12.3 Å². The molecular formula is C16H26N4O8S. The van der Waals surface area contributed by atoms with Crippen molar-refractivity contribution in [3.8, 4) is 0 Å². The van der Waals surface area contributed by atoms with E-state index < -0.39 is 66.4 Å². The zero-order valence-corrected chi connectivity index (χ0v) is 16.7. The fourth-order valence-corrected chi connectivity index (χ4v) is 3.07. The molecule has 0 aliphatic carbocycles. The summed E-state index contributed by atoms with van der Waals surface area (Å²) in [6, 6.07) is -5.02. The van der Waals surface area contributed by atoms with Crippen LogP contribution in [-0.2, 0) is 24.0 Å². The van der Waals surface area contributed by atoms with E-state index in [9.17, 15) is 29.1 Å². The van der Waals surface area contributed by atoms with Crippen LogP contribution in [0.4, 0.5) is 0 Å². The number of aliphatic hydroxyl groups is 1. The van der Waals surface area contributed by atoms with Crippen LogP contribution in [0.2, 0.25) is 0 Å². The number of amides is 3. The number of carboxylic acid groups (broad SMARTS) is 2. The summed E-state index contributed by atoms with van der Waals surface area (Å²) < 4.78 is 0. The van der Waals surface area contributed by atoms with Gasteiger partial charge in [0.1, 0.15) is 24.2 Å². The molecule has 1 rings (SSSR count). The van der Waals surface area contributed by atoms with Crippen LogP contribution in [0.1, 0.15) is 26.2 Å². The molecule has 1 fully saturated rings. The molecule has 12 nitrogen and oxygen atoms in total. The second-order valence-corrected chi connectivity index (χ2v) is 7.06. The minimum atomic E-state index is -1.64. The number of rotatable bonds is 10. The molecule has 0 spiro atoms. The molecule has 3 amide bonds. The van der Waals surface area contributed by atoms with Crippen LogP contribution in [0.25, 0.3) is 0 Å². The Morgan fingerprint density at radius 1 is 1.17 bits per heavy atom. The van der Waals surface area contributed by atoms with E-state index >= 15 is 0 Å². The molecule has 0 aromatic rings. The number of hydrogen-bond donors (Lipinski definition) is 7. The molecule has 5 atom stereocenters. The summed E-state index contributed by atoms with van der Waals surface area (Å²) in [6.07, 6.45) is -1.25. The number of hydrogen-bond acceptors (Lipinski definition) is 8. The van der Waals surface area contributed by atoms with Gasteiger partial charge in [-0.3, -0.25) is 19.2 Å². The molecule has 1 aliphatic rings. The predicted octanol–water partition coefficient (Wildman–Crippen LogP) is -2.86. The van der Waals surface area contributed by atoms with Gasteiger partial charge in [0.2, 0.25) is 17.7 Å². The molecule has 29 heavy (non-hydrogen) atoms. The van der Waals surface area contributed by atoms with Crippen molar-refractivity contribution < 1.29 is 39.3 Å². The number of thiol groups is 1. The van der Waals surface area contributed by atoms with E-state index in [0.717, 1.165) is 0 Å².